The molecule has 2 aromatic carbocycles. The highest BCUT2D eigenvalue weighted by Gasteiger charge is 2.32. The van der Waals surface area contributed by atoms with Gasteiger partial charge in [-0.25, -0.2) is 0 Å². The molecule has 0 unspecified atom stereocenters. The van der Waals surface area contributed by atoms with Crippen LogP contribution < -0.4 is 10.6 Å². The fourth-order valence-electron chi connectivity index (χ4n) is 2.11. The van der Waals surface area contributed by atoms with Crippen LogP contribution in [0.5, 0.6) is 0 Å². The lowest BCUT2D eigenvalue weighted by atomic mass is 10.4. The first kappa shape index (κ1) is 13.6. The number of hydrogen-bond acceptors (Lipinski definition) is 2. The van der Waals surface area contributed by atoms with Gasteiger partial charge in [0.25, 0.3) is 0 Å². The van der Waals surface area contributed by atoms with E-state index in [4.69, 9.17) is 4.74 Å². The predicted molar refractivity (Wildman–Crippen MR) is 80.5 cm³/mol. The van der Waals surface area contributed by atoms with Crippen molar-refractivity contribution in [3.63, 3.8) is 0 Å². The van der Waals surface area contributed by atoms with Crippen LogP contribution in [0.25, 0.3) is 0 Å². The second-order valence-electron chi connectivity index (χ2n) is 4.11. The quantitative estimate of drug-likeness (QED) is 0.629. The Kier molecular flexibility index (Phi) is 4.24. The first-order valence-corrected chi connectivity index (χ1v) is 7.86. The molecule has 0 spiro atoms. The maximum absolute atomic E-state index is 13.6. The fraction of sp³-hybridized carbons (Fsp3) is 0.125. The van der Waals surface area contributed by atoms with Crippen molar-refractivity contribution in [1.82, 2.24) is 0 Å². The highest BCUT2D eigenvalue weighted by Crippen LogP contribution is 2.51. The van der Waals surface area contributed by atoms with Gasteiger partial charge in [-0.2, -0.15) is 0 Å². The maximum Gasteiger partial charge on any atom is 0.203 e. The van der Waals surface area contributed by atoms with Gasteiger partial charge < -0.3 is 9.30 Å². The van der Waals surface area contributed by atoms with Crippen molar-refractivity contribution >= 4 is 17.8 Å². The van der Waals surface area contributed by atoms with Crippen LogP contribution in [0.2, 0.25) is 0 Å². The Balaban J connectivity index is 2.68. The molecule has 0 aromatic heterocycles. The molecule has 0 atom stereocenters. The molecule has 0 aliphatic carbocycles. The van der Waals surface area contributed by atoms with Crippen molar-refractivity contribution in [3.8, 4) is 0 Å². The van der Waals surface area contributed by atoms with Crippen molar-refractivity contribution in [2.24, 2.45) is 0 Å². The molecule has 2 aromatic rings. The van der Waals surface area contributed by atoms with Gasteiger partial charge in [-0.1, -0.05) is 60.7 Å². The van der Waals surface area contributed by atoms with Crippen molar-refractivity contribution in [1.29, 1.82) is 0 Å². The summed E-state index contributed by atoms with van der Waals surface area (Å²) >= 11 is 0. The van der Waals surface area contributed by atoms with E-state index >= 15 is 0 Å². The first-order chi connectivity index (χ1) is 9.23. The summed E-state index contributed by atoms with van der Waals surface area (Å²) in [7, 11) is -1.33. The number of benzene rings is 2. The summed E-state index contributed by atoms with van der Waals surface area (Å²) < 4.78 is 19.0. The number of methoxy groups -OCH3 is 1. The third-order valence-electron chi connectivity index (χ3n) is 3.01. The van der Waals surface area contributed by atoms with Gasteiger partial charge in [0.2, 0.25) is 7.14 Å². The monoisotopic (exact) mass is 272 g/mol. The summed E-state index contributed by atoms with van der Waals surface area (Å²) in [6.07, 6.45) is 1.78. The van der Waals surface area contributed by atoms with Gasteiger partial charge in [-0.05, 0) is 13.0 Å². The molecule has 0 amide bonds. The maximum atomic E-state index is 13.6. The largest absolute Gasteiger partial charge is 0.493 e. The molecule has 0 saturated heterocycles. The molecule has 19 heavy (non-hydrogen) atoms. The molecule has 0 saturated carbocycles. The molecule has 0 aliphatic heterocycles. The minimum Gasteiger partial charge on any atom is -0.493 e. The van der Waals surface area contributed by atoms with Crippen LogP contribution >= 0.6 is 7.14 Å². The van der Waals surface area contributed by atoms with Crippen LogP contribution in [0, 0.1) is 0 Å². The molecule has 0 heterocycles. The Morgan fingerprint density at radius 3 is 1.68 bits per heavy atom. The number of rotatable bonds is 4. The van der Waals surface area contributed by atoms with E-state index in [2.05, 4.69) is 0 Å². The zero-order valence-corrected chi connectivity index (χ0v) is 12.0. The molecule has 0 fully saturated rings. The van der Waals surface area contributed by atoms with Gasteiger partial charge in [-0.3, -0.25) is 0 Å². The fourth-order valence-corrected chi connectivity index (χ4v) is 4.72. The van der Waals surface area contributed by atoms with Crippen LogP contribution in [0.15, 0.2) is 72.2 Å². The molecule has 2 nitrogen and oxygen atoms in total. The van der Waals surface area contributed by atoms with Crippen molar-refractivity contribution < 1.29 is 9.30 Å². The van der Waals surface area contributed by atoms with Crippen LogP contribution in [0.1, 0.15) is 6.92 Å². The predicted octanol–water partition coefficient (Wildman–Crippen LogP) is 3.51. The summed E-state index contributed by atoms with van der Waals surface area (Å²) in [5, 5.41) is 1.58. The van der Waals surface area contributed by atoms with E-state index in [0.717, 1.165) is 10.6 Å². The molecular formula is C16H17O2P. The Bertz CT molecular complexity index is 560. The summed E-state index contributed by atoms with van der Waals surface area (Å²) in [4.78, 5) is 0. The van der Waals surface area contributed by atoms with Crippen molar-refractivity contribution in [2.45, 2.75) is 6.92 Å². The lowest BCUT2D eigenvalue weighted by Gasteiger charge is -2.21. The van der Waals surface area contributed by atoms with Gasteiger partial charge in [0.15, 0.2) is 5.50 Å². The lowest BCUT2D eigenvalue weighted by molar-refractivity contribution is 0.317. The molecule has 0 bridgehead atoms. The second-order valence-corrected chi connectivity index (χ2v) is 6.80. The minimum atomic E-state index is -2.90. The van der Waals surface area contributed by atoms with Crippen LogP contribution in [-0.4, -0.2) is 7.11 Å². The van der Waals surface area contributed by atoms with Gasteiger partial charge >= 0.3 is 0 Å². The third-order valence-corrected chi connectivity index (χ3v) is 6.12. The second kappa shape index (κ2) is 5.90. The molecule has 98 valence electrons. The van der Waals surface area contributed by atoms with Gasteiger partial charge in [0, 0.05) is 10.6 Å². The highest BCUT2D eigenvalue weighted by atomic mass is 31.2. The third kappa shape index (κ3) is 2.50. The zero-order valence-electron chi connectivity index (χ0n) is 11.1. The van der Waals surface area contributed by atoms with Gasteiger partial charge in [0.1, 0.15) is 0 Å². The molecule has 0 radical (unpaired) electrons. The Morgan fingerprint density at radius 1 is 0.947 bits per heavy atom. The topological polar surface area (TPSA) is 26.3 Å². The van der Waals surface area contributed by atoms with Gasteiger partial charge in [-0.15, -0.1) is 0 Å². The van der Waals surface area contributed by atoms with E-state index in [1.807, 2.05) is 67.6 Å². The van der Waals surface area contributed by atoms with E-state index in [9.17, 15) is 4.57 Å². The number of hydrogen-bond donors (Lipinski definition) is 0. The molecule has 3 heteroatoms. The minimum absolute atomic E-state index is 0.518. The van der Waals surface area contributed by atoms with E-state index in [1.165, 1.54) is 0 Å². The SMILES string of the molecule is C/C=C(\OC)P(=O)(c1ccccc1)c1ccccc1. The van der Waals surface area contributed by atoms with Crippen LogP contribution in [0.4, 0.5) is 0 Å². The van der Waals surface area contributed by atoms with Crippen LogP contribution in [-0.2, 0) is 9.30 Å². The average Bonchev–Trinajstić information content (AvgIpc) is 2.50. The standard InChI is InChI=1S/C16H17O2P/c1-3-16(18-2)19(17,14-10-6-4-7-11-14)15-12-8-5-9-13-15/h3-13H,1-2H3/b16-3+. The van der Waals surface area contributed by atoms with Gasteiger partial charge in [0.05, 0.1) is 7.11 Å². The normalized spacial score (nSPS) is 12.2. The summed E-state index contributed by atoms with van der Waals surface area (Å²) in [6.45, 7) is 1.84. The molecule has 0 N–H and O–H groups in total. The van der Waals surface area contributed by atoms with E-state index in [-0.39, 0.29) is 0 Å². The molecule has 2 rings (SSSR count). The Morgan fingerprint density at radius 2 is 1.37 bits per heavy atom. The number of allylic oxidation sites excluding steroid dienone is 1. The van der Waals surface area contributed by atoms with E-state index in [1.54, 1.807) is 13.2 Å². The Labute approximate surface area is 114 Å². The summed E-state index contributed by atoms with van der Waals surface area (Å²) in [6, 6.07) is 19.0. The highest BCUT2D eigenvalue weighted by molar-refractivity contribution is 7.82. The smallest absolute Gasteiger partial charge is 0.203 e. The van der Waals surface area contributed by atoms with E-state index < -0.39 is 7.14 Å². The lowest BCUT2D eigenvalue weighted by Crippen LogP contribution is -2.18. The zero-order chi connectivity index (χ0) is 13.7. The molecular weight excluding hydrogens is 255 g/mol. The Hall–Kier alpha value is -1.79. The summed E-state index contributed by atoms with van der Waals surface area (Å²) in [5.41, 5.74) is 0.518. The first-order valence-electron chi connectivity index (χ1n) is 6.15. The van der Waals surface area contributed by atoms with Crippen molar-refractivity contribution in [3.05, 3.63) is 72.2 Å². The van der Waals surface area contributed by atoms with Crippen LogP contribution in [0.3, 0.4) is 0 Å². The number of ether oxygens (including phenoxy) is 1. The van der Waals surface area contributed by atoms with E-state index in [0.29, 0.717) is 5.50 Å². The molecule has 0 aliphatic rings. The average molecular weight is 272 g/mol. The van der Waals surface area contributed by atoms with Crippen molar-refractivity contribution in [2.75, 3.05) is 7.11 Å². The summed E-state index contributed by atoms with van der Waals surface area (Å²) in [5.74, 6) is 0.